The van der Waals surface area contributed by atoms with Crippen molar-refractivity contribution in [3.8, 4) is 0 Å². The van der Waals surface area contributed by atoms with Crippen molar-refractivity contribution in [1.82, 2.24) is 10.6 Å². The molecule has 7 nitrogen and oxygen atoms in total. The molecule has 0 aromatic heterocycles. The number of fused-ring (bicyclic) bond motifs is 1. The van der Waals surface area contributed by atoms with E-state index in [1.807, 2.05) is 49.4 Å². The van der Waals surface area contributed by atoms with Crippen molar-refractivity contribution in [2.24, 2.45) is 0 Å². The topological polar surface area (TPSA) is 101 Å². The molecule has 0 aliphatic carbocycles. The van der Waals surface area contributed by atoms with Crippen LogP contribution in [0.4, 0.5) is 5.69 Å². The minimum Gasteiger partial charge on any atom is -0.348 e. The average molecular weight is 391 g/mol. The number of carbonyl (C=O) groups excluding carboxylic acids is 2. The lowest BCUT2D eigenvalue weighted by atomic mass is 10.0. The lowest BCUT2D eigenvalue weighted by molar-refractivity contribution is -0.385. The Morgan fingerprint density at radius 1 is 1.03 bits per heavy atom. The summed E-state index contributed by atoms with van der Waals surface area (Å²) in [4.78, 5) is 34.9. The van der Waals surface area contributed by atoms with Crippen LogP contribution in [0.3, 0.4) is 0 Å². The van der Waals surface area contributed by atoms with E-state index in [-0.39, 0.29) is 29.7 Å². The number of benzene rings is 3. The summed E-state index contributed by atoms with van der Waals surface area (Å²) < 4.78 is 0. The average Bonchev–Trinajstić information content (AvgIpc) is 2.71. The third-order valence-corrected chi connectivity index (χ3v) is 4.73. The fraction of sp³-hybridized carbons (Fsp3) is 0.182. The van der Waals surface area contributed by atoms with Gasteiger partial charge in [-0.3, -0.25) is 19.7 Å². The van der Waals surface area contributed by atoms with Crippen molar-refractivity contribution in [1.29, 1.82) is 0 Å². The largest absolute Gasteiger partial charge is 0.348 e. The van der Waals surface area contributed by atoms with Crippen LogP contribution in [-0.4, -0.2) is 23.3 Å². The van der Waals surface area contributed by atoms with Crippen LogP contribution in [0, 0.1) is 17.0 Å². The quantitative estimate of drug-likeness (QED) is 0.494. The molecule has 7 heteroatoms. The number of nitrogens with zero attached hydrogens (tertiary/aromatic N) is 1. The monoisotopic (exact) mass is 391 g/mol. The Hall–Kier alpha value is -3.74. The summed E-state index contributed by atoms with van der Waals surface area (Å²) in [6.45, 7) is 3.24. The lowest BCUT2D eigenvalue weighted by Crippen LogP contribution is -2.38. The fourth-order valence-corrected chi connectivity index (χ4v) is 3.06. The molecule has 0 heterocycles. The van der Waals surface area contributed by atoms with Gasteiger partial charge < -0.3 is 10.6 Å². The van der Waals surface area contributed by atoms with Gasteiger partial charge in [0.15, 0.2) is 0 Å². The highest BCUT2D eigenvalue weighted by Gasteiger charge is 2.16. The van der Waals surface area contributed by atoms with E-state index in [1.54, 1.807) is 6.92 Å². The number of hydrogen-bond acceptors (Lipinski definition) is 4. The highest BCUT2D eigenvalue weighted by atomic mass is 16.6. The molecule has 0 aliphatic heterocycles. The second kappa shape index (κ2) is 8.52. The van der Waals surface area contributed by atoms with Gasteiger partial charge in [0.1, 0.15) is 0 Å². The predicted octanol–water partition coefficient (Wildman–Crippen LogP) is 3.66. The van der Waals surface area contributed by atoms with Crippen molar-refractivity contribution in [3.05, 3.63) is 87.5 Å². The van der Waals surface area contributed by atoms with Crippen LogP contribution in [0.5, 0.6) is 0 Å². The zero-order chi connectivity index (χ0) is 21.0. The fourth-order valence-electron chi connectivity index (χ4n) is 3.06. The number of amides is 2. The van der Waals surface area contributed by atoms with E-state index in [9.17, 15) is 19.7 Å². The summed E-state index contributed by atoms with van der Waals surface area (Å²) in [6.07, 6.45) is 0. The van der Waals surface area contributed by atoms with E-state index < -0.39 is 10.8 Å². The molecule has 0 radical (unpaired) electrons. The molecule has 2 amide bonds. The van der Waals surface area contributed by atoms with Crippen molar-refractivity contribution in [2.75, 3.05) is 6.54 Å². The highest BCUT2D eigenvalue weighted by Crippen LogP contribution is 2.20. The summed E-state index contributed by atoms with van der Waals surface area (Å²) in [5.41, 5.74) is 1.43. The van der Waals surface area contributed by atoms with E-state index in [1.165, 1.54) is 18.2 Å². The molecule has 3 rings (SSSR count). The predicted molar refractivity (Wildman–Crippen MR) is 111 cm³/mol. The van der Waals surface area contributed by atoms with Crippen LogP contribution < -0.4 is 10.6 Å². The first-order chi connectivity index (χ1) is 13.8. The van der Waals surface area contributed by atoms with Gasteiger partial charge in [-0.05, 0) is 42.3 Å². The maximum Gasteiger partial charge on any atom is 0.273 e. The van der Waals surface area contributed by atoms with Crippen molar-refractivity contribution >= 4 is 28.3 Å². The molecule has 0 unspecified atom stereocenters. The molecule has 3 aromatic rings. The van der Waals surface area contributed by atoms with Crippen molar-refractivity contribution in [3.63, 3.8) is 0 Å². The lowest BCUT2D eigenvalue weighted by Gasteiger charge is -2.15. The van der Waals surface area contributed by atoms with E-state index in [4.69, 9.17) is 0 Å². The zero-order valence-corrected chi connectivity index (χ0v) is 16.1. The first-order valence-electron chi connectivity index (χ1n) is 9.16. The van der Waals surface area contributed by atoms with Gasteiger partial charge in [-0.25, -0.2) is 0 Å². The molecule has 2 N–H and O–H groups in total. The SMILES string of the molecule is Cc1ccc(C(=O)NCC(=O)N[C@H](C)c2ccc3ccccc3c2)cc1[N+](=O)[O-]. The molecule has 148 valence electrons. The highest BCUT2D eigenvalue weighted by molar-refractivity contribution is 5.97. The van der Waals surface area contributed by atoms with Gasteiger partial charge in [0, 0.05) is 17.2 Å². The molecular formula is C22H21N3O4. The van der Waals surface area contributed by atoms with Crippen LogP contribution in [-0.2, 0) is 4.79 Å². The van der Waals surface area contributed by atoms with Crippen molar-refractivity contribution in [2.45, 2.75) is 19.9 Å². The van der Waals surface area contributed by atoms with Crippen LogP contribution >= 0.6 is 0 Å². The normalized spacial score (nSPS) is 11.7. The van der Waals surface area contributed by atoms with Crippen molar-refractivity contribution < 1.29 is 14.5 Å². The maximum absolute atomic E-state index is 12.2. The summed E-state index contributed by atoms with van der Waals surface area (Å²) in [5, 5.41) is 18.6. The Bertz CT molecular complexity index is 1090. The Kier molecular flexibility index (Phi) is 5.87. The van der Waals surface area contributed by atoms with Crippen LogP contribution in [0.1, 0.15) is 34.5 Å². The summed E-state index contributed by atoms with van der Waals surface area (Å²) in [7, 11) is 0. The van der Waals surface area contributed by atoms with Gasteiger partial charge in [-0.1, -0.05) is 42.5 Å². The van der Waals surface area contributed by atoms with Crippen LogP contribution in [0.25, 0.3) is 10.8 Å². The summed E-state index contributed by atoms with van der Waals surface area (Å²) >= 11 is 0. The van der Waals surface area contributed by atoms with Gasteiger partial charge in [-0.2, -0.15) is 0 Å². The van der Waals surface area contributed by atoms with E-state index in [0.717, 1.165) is 16.3 Å². The van der Waals surface area contributed by atoms with E-state index in [2.05, 4.69) is 10.6 Å². The third kappa shape index (κ3) is 4.76. The van der Waals surface area contributed by atoms with Gasteiger partial charge in [-0.15, -0.1) is 0 Å². The van der Waals surface area contributed by atoms with Crippen LogP contribution in [0.2, 0.25) is 0 Å². The minimum absolute atomic E-state index is 0.132. The maximum atomic E-state index is 12.2. The second-order valence-corrected chi connectivity index (χ2v) is 6.84. The molecule has 3 aromatic carbocycles. The van der Waals surface area contributed by atoms with Gasteiger partial charge >= 0.3 is 0 Å². The second-order valence-electron chi connectivity index (χ2n) is 6.84. The molecule has 0 saturated heterocycles. The molecular weight excluding hydrogens is 370 g/mol. The van der Waals surface area contributed by atoms with Gasteiger partial charge in [0.2, 0.25) is 5.91 Å². The van der Waals surface area contributed by atoms with Gasteiger partial charge in [0.25, 0.3) is 11.6 Å². The summed E-state index contributed by atoms with van der Waals surface area (Å²) in [6, 6.07) is 17.9. The molecule has 29 heavy (non-hydrogen) atoms. The first-order valence-corrected chi connectivity index (χ1v) is 9.16. The number of carbonyl (C=O) groups is 2. The Morgan fingerprint density at radius 2 is 1.76 bits per heavy atom. The number of nitro groups is 1. The van der Waals surface area contributed by atoms with E-state index >= 15 is 0 Å². The van der Waals surface area contributed by atoms with Gasteiger partial charge in [0.05, 0.1) is 17.5 Å². The number of rotatable bonds is 6. The Labute approximate surface area is 167 Å². The van der Waals surface area contributed by atoms with E-state index in [0.29, 0.717) is 5.56 Å². The smallest absolute Gasteiger partial charge is 0.273 e. The number of hydrogen-bond donors (Lipinski definition) is 2. The molecule has 0 spiro atoms. The summed E-state index contributed by atoms with van der Waals surface area (Å²) in [5.74, 6) is -0.887. The van der Waals surface area contributed by atoms with Crippen LogP contribution in [0.15, 0.2) is 60.7 Å². The standard InChI is InChI=1S/C22H21N3O4/c1-14-7-8-19(12-20(14)25(28)29)22(27)23-13-21(26)24-15(2)17-10-9-16-5-3-4-6-18(16)11-17/h3-12,15H,13H2,1-2H3,(H,23,27)(H,24,26)/t15-/m1/s1. The zero-order valence-electron chi connectivity index (χ0n) is 16.1. The molecule has 0 aliphatic rings. The molecule has 0 fully saturated rings. The molecule has 0 saturated carbocycles. The first kappa shape index (κ1) is 20.0. The third-order valence-electron chi connectivity index (χ3n) is 4.73. The number of aryl methyl sites for hydroxylation is 1. The minimum atomic E-state index is -0.540. The Balaban J connectivity index is 1.59. The number of nitro benzene ring substituents is 1. The Morgan fingerprint density at radius 3 is 2.48 bits per heavy atom. The molecule has 0 bridgehead atoms. The number of nitrogens with one attached hydrogen (secondary N) is 2. The molecule has 1 atom stereocenters.